The molecule has 0 unspecified atom stereocenters. The number of rotatable bonds is 2. The SMILES string of the molecule is CN1CCN=C1c1ccc(O)c([N+](=O)[O-])c1. The van der Waals surface area contributed by atoms with Crippen LogP contribution >= 0.6 is 0 Å². The number of phenolic OH excluding ortho intramolecular Hbond substituents is 1. The molecule has 1 aromatic carbocycles. The van der Waals surface area contributed by atoms with Crippen LogP contribution in [-0.4, -0.2) is 40.9 Å². The molecule has 0 fully saturated rings. The number of aliphatic imine (C=N–C) groups is 1. The van der Waals surface area contributed by atoms with E-state index in [2.05, 4.69) is 4.99 Å². The van der Waals surface area contributed by atoms with Crippen molar-refractivity contribution in [3.8, 4) is 5.75 Å². The molecule has 0 aromatic heterocycles. The van der Waals surface area contributed by atoms with Crippen LogP contribution in [0.3, 0.4) is 0 Å². The van der Waals surface area contributed by atoms with Gasteiger partial charge in [0.1, 0.15) is 5.84 Å². The van der Waals surface area contributed by atoms with Gasteiger partial charge in [0.25, 0.3) is 0 Å². The lowest BCUT2D eigenvalue weighted by Gasteiger charge is -2.13. The fourth-order valence-corrected chi connectivity index (χ4v) is 1.65. The molecule has 6 heteroatoms. The Balaban J connectivity index is 2.43. The maximum absolute atomic E-state index is 10.7. The molecular formula is C10H11N3O3. The number of amidine groups is 1. The number of nitro benzene ring substituents is 1. The molecule has 1 aliphatic rings. The number of likely N-dealkylation sites (N-methyl/N-ethyl adjacent to an activating group) is 1. The van der Waals surface area contributed by atoms with E-state index < -0.39 is 4.92 Å². The van der Waals surface area contributed by atoms with Gasteiger partial charge in [0.05, 0.1) is 11.5 Å². The third kappa shape index (κ3) is 1.69. The molecule has 0 radical (unpaired) electrons. The van der Waals surface area contributed by atoms with Crippen LogP contribution in [0.4, 0.5) is 5.69 Å². The van der Waals surface area contributed by atoms with Crippen molar-refractivity contribution >= 4 is 11.5 Å². The van der Waals surface area contributed by atoms with Gasteiger partial charge >= 0.3 is 5.69 Å². The molecule has 0 bridgehead atoms. The van der Waals surface area contributed by atoms with Gasteiger partial charge in [0.15, 0.2) is 5.75 Å². The molecule has 1 heterocycles. The first-order valence-electron chi connectivity index (χ1n) is 4.83. The Morgan fingerprint density at radius 1 is 1.56 bits per heavy atom. The molecule has 0 amide bonds. The van der Waals surface area contributed by atoms with E-state index in [0.29, 0.717) is 12.1 Å². The molecule has 0 saturated carbocycles. The topological polar surface area (TPSA) is 79.0 Å². The summed E-state index contributed by atoms with van der Waals surface area (Å²) in [4.78, 5) is 16.2. The summed E-state index contributed by atoms with van der Waals surface area (Å²) >= 11 is 0. The Bertz CT molecular complexity index is 470. The molecule has 2 rings (SSSR count). The molecular weight excluding hydrogens is 210 g/mol. The lowest BCUT2D eigenvalue weighted by molar-refractivity contribution is -0.385. The first-order chi connectivity index (χ1) is 7.59. The smallest absolute Gasteiger partial charge is 0.311 e. The highest BCUT2D eigenvalue weighted by molar-refractivity contribution is 6.00. The van der Waals surface area contributed by atoms with Gasteiger partial charge in [0, 0.05) is 25.2 Å². The summed E-state index contributed by atoms with van der Waals surface area (Å²) in [6.07, 6.45) is 0. The van der Waals surface area contributed by atoms with Crippen molar-refractivity contribution in [1.82, 2.24) is 4.90 Å². The van der Waals surface area contributed by atoms with Crippen LogP contribution < -0.4 is 0 Å². The van der Waals surface area contributed by atoms with Gasteiger partial charge in [-0.2, -0.15) is 0 Å². The van der Waals surface area contributed by atoms with E-state index in [9.17, 15) is 15.2 Å². The normalized spacial score (nSPS) is 15.1. The molecule has 1 aromatic rings. The Hall–Kier alpha value is -2.11. The summed E-state index contributed by atoms with van der Waals surface area (Å²) in [6.45, 7) is 1.50. The number of benzene rings is 1. The number of hydrogen-bond donors (Lipinski definition) is 1. The molecule has 84 valence electrons. The van der Waals surface area contributed by atoms with Crippen LogP contribution in [0.1, 0.15) is 5.56 Å². The molecule has 1 aliphatic heterocycles. The Morgan fingerprint density at radius 3 is 2.88 bits per heavy atom. The molecule has 0 saturated heterocycles. The zero-order valence-electron chi connectivity index (χ0n) is 8.75. The summed E-state index contributed by atoms with van der Waals surface area (Å²) in [5, 5.41) is 20.0. The van der Waals surface area contributed by atoms with Gasteiger partial charge in [-0.1, -0.05) is 0 Å². The summed E-state index contributed by atoms with van der Waals surface area (Å²) in [6, 6.07) is 4.29. The van der Waals surface area contributed by atoms with E-state index >= 15 is 0 Å². The van der Waals surface area contributed by atoms with Gasteiger partial charge in [-0.3, -0.25) is 15.1 Å². The minimum atomic E-state index is -0.603. The van der Waals surface area contributed by atoms with Crippen LogP contribution in [-0.2, 0) is 0 Å². The Kier molecular flexibility index (Phi) is 2.47. The third-order valence-electron chi connectivity index (χ3n) is 2.49. The Labute approximate surface area is 92.0 Å². The van der Waals surface area contributed by atoms with E-state index in [1.165, 1.54) is 12.1 Å². The maximum Gasteiger partial charge on any atom is 0.311 e. The average Bonchev–Trinajstić information content (AvgIpc) is 2.65. The minimum absolute atomic E-state index is 0.291. The highest BCUT2D eigenvalue weighted by Crippen LogP contribution is 2.27. The van der Waals surface area contributed by atoms with Crippen molar-refractivity contribution in [2.24, 2.45) is 4.99 Å². The predicted octanol–water partition coefficient (Wildman–Crippen LogP) is 0.992. The van der Waals surface area contributed by atoms with Crippen LogP contribution in [0.25, 0.3) is 0 Å². The van der Waals surface area contributed by atoms with Crippen molar-refractivity contribution in [3.63, 3.8) is 0 Å². The minimum Gasteiger partial charge on any atom is -0.502 e. The second kappa shape index (κ2) is 3.80. The average molecular weight is 221 g/mol. The monoisotopic (exact) mass is 221 g/mol. The van der Waals surface area contributed by atoms with Gasteiger partial charge in [-0.25, -0.2) is 0 Å². The number of phenols is 1. The summed E-state index contributed by atoms with van der Waals surface area (Å²) < 4.78 is 0. The molecule has 6 nitrogen and oxygen atoms in total. The van der Waals surface area contributed by atoms with Crippen molar-refractivity contribution in [1.29, 1.82) is 0 Å². The second-order valence-corrected chi connectivity index (χ2v) is 3.59. The lowest BCUT2D eigenvalue weighted by Crippen LogP contribution is -2.23. The van der Waals surface area contributed by atoms with E-state index in [1.54, 1.807) is 6.07 Å². The zero-order valence-corrected chi connectivity index (χ0v) is 8.75. The quantitative estimate of drug-likeness (QED) is 0.596. The second-order valence-electron chi connectivity index (χ2n) is 3.59. The van der Waals surface area contributed by atoms with E-state index in [4.69, 9.17) is 0 Å². The lowest BCUT2D eigenvalue weighted by atomic mass is 10.1. The maximum atomic E-state index is 10.7. The van der Waals surface area contributed by atoms with Gasteiger partial charge in [-0.15, -0.1) is 0 Å². The van der Waals surface area contributed by atoms with Crippen LogP contribution in [0.2, 0.25) is 0 Å². The van der Waals surface area contributed by atoms with Crippen molar-refractivity contribution in [2.75, 3.05) is 20.1 Å². The fraction of sp³-hybridized carbons (Fsp3) is 0.300. The van der Waals surface area contributed by atoms with Crippen molar-refractivity contribution in [2.45, 2.75) is 0 Å². The van der Waals surface area contributed by atoms with Crippen molar-refractivity contribution < 1.29 is 10.0 Å². The first kappa shape index (κ1) is 10.4. The number of nitro groups is 1. The molecule has 16 heavy (non-hydrogen) atoms. The van der Waals surface area contributed by atoms with E-state index in [1.807, 2.05) is 11.9 Å². The zero-order chi connectivity index (χ0) is 11.7. The van der Waals surface area contributed by atoms with Crippen LogP contribution in [0, 0.1) is 10.1 Å². The number of hydrogen-bond acceptors (Lipinski definition) is 5. The Morgan fingerprint density at radius 2 is 2.31 bits per heavy atom. The third-order valence-corrected chi connectivity index (χ3v) is 2.49. The summed E-state index contributed by atoms with van der Waals surface area (Å²) in [5.74, 6) is 0.401. The van der Waals surface area contributed by atoms with Crippen LogP contribution in [0.5, 0.6) is 5.75 Å². The highest BCUT2D eigenvalue weighted by atomic mass is 16.6. The van der Waals surface area contributed by atoms with Crippen LogP contribution in [0.15, 0.2) is 23.2 Å². The molecule has 0 atom stereocenters. The van der Waals surface area contributed by atoms with Gasteiger partial charge < -0.3 is 10.0 Å². The predicted molar refractivity (Wildman–Crippen MR) is 58.8 cm³/mol. The molecule has 0 aliphatic carbocycles. The summed E-state index contributed by atoms with van der Waals surface area (Å²) in [5.41, 5.74) is 0.366. The summed E-state index contributed by atoms with van der Waals surface area (Å²) in [7, 11) is 1.88. The fourth-order valence-electron chi connectivity index (χ4n) is 1.65. The highest BCUT2D eigenvalue weighted by Gasteiger charge is 2.19. The van der Waals surface area contributed by atoms with Crippen molar-refractivity contribution in [3.05, 3.63) is 33.9 Å². The molecule has 1 N–H and O–H groups in total. The van der Waals surface area contributed by atoms with Gasteiger partial charge in [0.2, 0.25) is 0 Å². The first-order valence-corrected chi connectivity index (χ1v) is 4.83. The standard InChI is InChI=1S/C10H11N3O3/c1-12-5-4-11-10(12)7-2-3-9(14)8(6-7)13(15)16/h2-3,6,14H,4-5H2,1H3. The number of nitrogens with zero attached hydrogens (tertiary/aromatic N) is 3. The number of aromatic hydroxyl groups is 1. The van der Waals surface area contributed by atoms with E-state index in [-0.39, 0.29) is 11.4 Å². The molecule has 0 spiro atoms. The largest absolute Gasteiger partial charge is 0.502 e. The van der Waals surface area contributed by atoms with Gasteiger partial charge in [-0.05, 0) is 12.1 Å². The van der Waals surface area contributed by atoms with E-state index in [0.717, 1.165) is 12.4 Å².